The van der Waals surface area contributed by atoms with Crippen LogP contribution in [0.4, 0.5) is 0 Å². The molecule has 1 N–H and O–H groups in total. The highest BCUT2D eigenvalue weighted by Gasteiger charge is 2.44. The van der Waals surface area contributed by atoms with Crippen LogP contribution in [0.25, 0.3) is 11.1 Å². The number of pyridine rings is 1. The van der Waals surface area contributed by atoms with Crippen LogP contribution in [0.5, 0.6) is 5.75 Å². The van der Waals surface area contributed by atoms with Gasteiger partial charge in [0.1, 0.15) is 5.75 Å². The Kier molecular flexibility index (Phi) is 7.09. The van der Waals surface area contributed by atoms with Crippen molar-refractivity contribution in [2.75, 3.05) is 20.2 Å². The fourth-order valence-corrected chi connectivity index (χ4v) is 4.74. The lowest BCUT2D eigenvalue weighted by Crippen LogP contribution is -2.46. The van der Waals surface area contributed by atoms with Crippen molar-refractivity contribution in [2.24, 2.45) is 5.41 Å². The smallest absolute Gasteiger partial charge is 0.228 e. The Morgan fingerprint density at radius 2 is 1.88 bits per heavy atom. The molecule has 0 aliphatic carbocycles. The predicted octanol–water partition coefficient (Wildman–Crippen LogP) is 4.72. The minimum absolute atomic E-state index is 0.120. The largest absolute Gasteiger partial charge is 0.496 e. The maximum Gasteiger partial charge on any atom is 0.228 e. The maximum absolute atomic E-state index is 13.4. The number of nitrogens with zero attached hydrogens (tertiary/aromatic N) is 2. The number of likely N-dealkylation sites (tertiary alicyclic amines) is 1. The molecule has 1 aromatic heterocycles. The van der Waals surface area contributed by atoms with Crippen molar-refractivity contribution in [3.05, 3.63) is 84.2 Å². The first-order valence-corrected chi connectivity index (χ1v) is 11.6. The van der Waals surface area contributed by atoms with E-state index in [1.54, 1.807) is 13.3 Å². The molecular weight excluding hydrogens is 410 g/mol. The summed E-state index contributed by atoms with van der Waals surface area (Å²) < 4.78 is 5.52. The van der Waals surface area contributed by atoms with Gasteiger partial charge >= 0.3 is 0 Å². The summed E-state index contributed by atoms with van der Waals surface area (Å²) in [6.45, 7) is 6.51. The molecule has 1 fully saturated rings. The SMILES string of the molecule is COc1ccccc1-c1ccc(C[C@@]2(C(=O)NC(C)C)CCN(Cc3cccnc3)C2)cc1. The molecule has 0 spiro atoms. The molecule has 0 unspecified atom stereocenters. The highest BCUT2D eigenvalue weighted by Crippen LogP contribution is 2.37. The van der Waals surface area contributed by atoms with E-state index in [1.165, 1.54) is 11.1 Å². The first-order valence-electron chi connectivity index (χ1n) is 11.6. The van der Waals surface area contributed by atoms with E-state index in [1.807, 2.05) is 44.3 Å². The third-order valence-corrected chi connectivity index (χ3v) is 6.38. The quantitative estimate of drug-likeness (QED) is 0.548. The summed E-state index contributed by atoms with van der Waals surface area (Å²) in [4.78, 5) is 20.0. The molecule has 172 valence electrons. The van der Waals surface area contributed by atoms with Gasteiger partial charge < -0.3 is 10.1 Å². The molecule has 2 aromatic carbocycles. The van der Waals surface area contributed by atoms with Gasteiger partial charge in [0, 0.05) is 37.1 Å². The molecule has 1 aliphatic heterocycles. The van der Waals surface area contributed by atoms with Crippen molar-refractivity contribution >= 4 is 5.91 Å². The fourth-order valence-electron chi connectivity index (χ4n) is 4.74. The van der Waals surface area contributed by atoms with Gasteiger partial charge in [0.25, 0.3) is 0 Å². The highest BCUT2D eigenvalue weighted by molar-refractivity contribution is 5.84. The van der Waals surface area contributed by atoms with Gasteiger partial charge in [-0.2, -0.15) is 0 Å². The molecule has 0 bridgehead atoms. The average Bonchev–Trinajstić information content (AvgIpc) is 3.23. The second-order valence-electron chi connectivity index (χ2n) is 9.30. The molecule has 0 radical (unpaired) electrons. The Morgan fingerprint density at radius 3 is 2.58 bits per heavy atom. The summed E-state index contributed by atoms with van der Waals surface area (Å²) in [5.41, 5.74) is 4.11. The second kappa shape index (κ2) is 10.2. The number of ether oxygens (including phenoxy) is 1. The van der Waals surface area contributed by atoms with Gasteiger partial charge in [0.2, 0.25) is 5.91 Å². The Bertz CT molecular complexity index is 1070. The zero-order valence-corrected chi connectivity index (χ0v) is 19.8. The Hall–Kier alpha value is -3.18. The average molecular weight is 444 g/mol. The van der Waals surface area contributed by atoms with Crippen molar-refractivity contribution < 1.29 is 9.53 Å². The maximum atomic E-state index is 13.4. The van der Waals surface area contributed by atoms with Crippen LogP contribution in [-0.4, -0.2) is 42.0 Å². The van der Waals surface area contributed by atoms with Crippen LogP contribution in [0.2, 0.25) is 0 Å². The fraction of sp³-hybridized carbons (Fsp3) is 0.357. The Labute approximate surface area is 196 Å². The number of rotatable bonds is 8. The number of hydrogen-bond donors (Lipinski definition) is 1. The van der Waals surface area contributed by atoms with Gasteiger partial charge in [-0.05, 0) is 62.1 Å². The van der Waals surface area contributed by atoms with E-state index in [-0.39, 0.29) is 11.9 Å². The summed E-state index contributed by atoms with van der Waals surface area (Å²) in [6, 6.07) is 20.8. The van der Waals surface area contributed by atoms with Crippen LogP contribution in [0, 0.1) is 5.41 Å². The summed E-state index contributed by atoms with van der Waals surface area (Å²) in [5, 5.41) is 3.19. The number of hydrogen-bond acceptors (Lipinski definition) is 4. The lowest BCUT2D eigenvalue weighted by atomic mass is 9.79. The van der Waals surface area contributed by atoms with E-state index in [4.69, 9.17) is 4.74 Å². The molecule has 0 saturated carbocycles. The number of carbonyl (C=O) groups is 1. The minimum atomic E-state index is -0.432. The van der Waals surface area contributed by atoms with Crippen molar-refractivity contribution in [3.63, 3.8) is 0 Å². The van der Waals surface area contributed by atoms with Gasteiger partial charge in [-0.15, -0.1) is 0 Å². The first kappa shape index (κ1) is 23.0. The third-order valence-electron chi connectivity index (χ3n) is 6.38. The number of carbonyl (C=O) groups excluding carboxylic acids is 1. The minimum Gasteiger partial charge on any atom is -0.496 e. The van der Waals surface area contributed by atoms with E-state index >= 15 is 0 Å². The van der Waals surface area contributed by atoms with Crippen molar-refractivity contribution in [1.82, 2.24) is 15.2 Å². The van der Waals surface area contributed by atoms with Gasteiger partial charge in [-0.1, -0.05) is 48.5 Å². The number of para-hydroxylation sites is 1. The highest BCUT2D eigenvalue weighted by atomic mass is 16.5. The van der Waals surface area contributed by atoms with Crippen molar-refractivity contribution in [2.45, 2.75) is 39.3 Å². The standard InChI is InChI=1S/C28H33N3O2/c1-21(2)30-27(32)28(14-16-31(20-28)19-23-7-6-15-29-18-23)17-22-10-12-24(13-11-22)25-8-4-5-9-26(25)33-3/h4-13,15,18,21H,14,16-17,19-20H2,1-3H3,(H,30,32)/t28-/m0/s1. The number of methoxy groups -OCH3 is 1. The van der Waals surface area contributed by atoms with Gasteiger partial charge in [-0.25, -0.2) is 0 Å². The molecule has 3 aromatic rings. The van der Waals surface area contributed by atoms with E-state index in [2.05, 4.69) is 51.6 Å². The van der Waals surface area contributed by atoms with E-state index in [0.29, 0.717) is 0 Å². The monoisotopic (exact) mass is 443 g/mol. The molecule has 5 nitrogen and oxygen atoms in total. The van der Waals surface area contributed by atoms with Crippen LogP contribution in [0.15, 0.2) is 73.1 Å². The summed E-state index contributed by atoms with van der Waals surface area (Å²) in [6.07, 6.45) is 5.27. The Balaban J connectivity index is 1.54. The molecule has 1 atom stereocenters. The molecule has 1 saturated heterocycles. The lowest BCUT2D eigenvalue weighted by molar-refractivity contribution is -0.131. The van der Waals surface area contributed by atoms with Crippen molar-refractivity contribution in [1.29, 1.82) is 0 Å². The first-order chi connectivity index (χ1) is 16.0. The molecule has 1 aliphatic rings. The van der Waals surface area contributed by atoms with E-state index < -0.39 is 5.41 Å². The number of nitrogens with one attached hydrogen (secondary N) is 1. The second-order valence-corrected chi connectivity index (χ2v) is 9.30. The predicted molar refractivity (Wildman–Crippen MR) is 132 cm³/mol. The lowest BCUT2D eigenvalue weighted by Gasteiger charge is -2.30. The van der Waals surface area contributed by atoms with E-state index in [0.717, 1.165) is 49.4 Å². The van der Waals surface area contributed by atoms with E-state index in [9.17, 15) is 4.79 Å². The van der Waals surface area contributed by atoms with Gasteiger partial charge in [0.15, 0.2) is 0 Å². The number of amides is 1. The summed E-state index contributed by atoms with van der Waals surface area (Å²) in [5.74, 6) is 1.01. The van der Waals surface area contributed by atoms with Crippen LogP contribution in [-0.2, 0) is 17.8 Å². The van der Waals surface area contributed by atoms with Crippen molar-refractivity contribution in [3.8, 4) is 16.9 Å². The zero-order chi connectivity index (χ0) is 23.3. The molecule has 2 heterocycles. The molecule has 4 rings (SSSR count). The van der Waals surface area contributed by atoms with Gasteiger partial charge in [-0.3, -0.25) is 14.7 Å². The molecule has 1 amide bonds. The Morgan fingerprint density at radius 1 is 1.09 bits per heavy atom. The third kappa shape index (κ3) is 5.42. The normalized spacial score (nSPS) is 18.4. The molecule has 33 heavy (non-hydrogen) atoms. The van der Waals surface area contributed by atoms with Crippen LogP contribution < -0.4 is 10.1 Å². The zero-order valence-electron chi connectivity index (χ0n) is 19.8. The topological polar surface area (TPSA) is 54.5 Å². The van der Waals surface area contributed by atoms with Crippen LogP contribution in [0.3, 0.4) is 0 Å². The molecular formula is C28H33N3O2. The molecule has 5 heteroatoms. The number of benzene rings is 2. The number of aromatic nitrogens is 1. The summed E-state index contributed by atoms with van der Waals surface area (Å²) in [7, 11) is 1.70. The van der Waals surface area contributed by atoms with Crippen LogP contribution in [0.1, 0.15) is 31.4 Å². The summed E-state index contributed by atoms with van der Waals surface area (Å²) >= 11 is 0. The van der Waals surface area contributed by atoms with Gasteiger partial charge in [0.05, 0.1) is 12.5 Å². The van der Waals surface area contributed by atoms with Crippen LogP contribution >= 0.6 is 0 Å².